The highest BCUT2D eigenvalue weighted by atomic mass is 32.1. The van der Waals surface area contributed by atoms with Crippen LogP contribution in [-0.2, 0) is 0 Å². The summed E-state index contributed by atoms with van der Waals surface area (Å²) in [6.45, 7) is 40.2. The van der Waals surface area contributed by atoms with Crippen LogP contribution in [0.4, 0.5) is 0 Å². The van der Waals surface area contributed by atoms with Gasteiger partial charge in [-0.1, -0.05) is 153 Å². The summed E-state index contributed by atoms with van der Waals surface area (Å²) in [6.07, 6.45) is 41.9. The van der Waals surface area contributed by atoms with E-state index in [0.29, 0.717) is 185 Å². The Morgan fingerprint density at radius 3 is 0.993 bits per heavy atom. The van der Waals surface area contributed by atoms with Crippen molar-refractivity contribution < 1.29 is 108 Å². The smallest absolute Gasteiger partial charge is 0.392 e. The van der Waals surface area contributed by atoms with Crippen LogP contribution in [0.5, 0.6) is 22.5 Å². The first-order chi connectivity index (χ1) is 68.4. The van der Waals surface area contributed by atoms with E-state index in [0.717, 1.165) is 140 Å². The van der Waals surface area contributed by atoms with Crippen molar-refractivity contribution in [3.05, 3.63) is 47.1 Å². The number of nitrogens with one attached hydrogen (secondary N) is 1. The molecule has 0 amide bonds. The van der Waals surface area contributed by atoms with Gasteiger partial charge in [0, 0.05) is 0 Å². The van der Waals surface area contributed by atoms with Gasteiger partial charge in [0.05, 0.1) is 87.7 Å². The van der Waals surface area contributed by atoms with Gasteiger partial charge in [-0.2, -0.15) is 5.10 Å². The van der Waals surface area contributed by atoms with Gasteiger partial charge in [0.25, 0.3) is 5.76 Å². The molecule has 0 saturated heterocycles. The Hall–Kier alpha value is -5.98. The molecule has 16 saturated carbocycles. The second-order valence-electron chi connectivity index (χ2n) is 52.3. The minimum absolute atomic E-state index is 0.00709. The number of ether oxygens (including phenoxy) is 4. The van der Waals surface area contributed by atoms with Crippen LogP contribution in [0.3, 0.4) is 0 Å². The van der Waals surface area contributed by atoms with Crippen molar-refractivity contribution in [1.29, 1.82) is 0 Å². The monoisotopic (exact) mass is 2030 g/mol. The molecule has 0 bridgehead atoms. The largest absolute Gasteiger partial charge is 0.489 e. The second-order valence-corrected chi connectivity index (χ2v) is 53.3. The van der Waals surface area contributed by atoms with E-state index < -0.39 is 23.9 Å². The number of carboxylic acid groups (broad SMARTS) is 4. The summed E-state index contributed by atoms with van der Waals surface area (Å²) < 4.78 is 33.1. The Morgan fingerprint density at radius 2 is 0.688 bits per heavy atom. The quantitative estimate of drug-likeness (QED) is 0.0251. The van der Waals surface area contributed by atoms with Crippen molar-refractivity contribution in [3.63, 3.8) is 0 Å². The fourth-order valence-corrected chi connectivity index (χ4v) is 40.4. The lowest BCUT2D eigenvalue weighted by molar-refractivity contribution is -0.203. The highest BCUT2D eigenvalue weighted by Gasteiger charge is 2.71. The number of rotatable bonds is 28. The maximum Gasteiger partial charge on any atom is 0.392 e. The summed E-state index contributed by atoms with van der Waals surface area (Å²) >= 11 is 1.09. The van der Waals surface area contributed by atoms with Gasteiger partial charge in [-0.25, -0.2) is 29.1 Å². The zero-order chi connectivity index (χ0) is 103. The van der Waals surface area contributed by atoms with Gasteiger partial charge in [0.2, 0.25) is 5.01 Å². The van der Waals surface area contributed by atoms with Gasteiger partial charge < -0.3 is 89.2 Å². The zero-order valence-corrected chi connectivity index (χ0v) is 90.3. The molecule has 20 rings (SSSR count). The summed E-state index contributed by atoms with van der Waals surface area (Å²) in [6, 6.07) is 0. The maximum atomic E-state index is 11.9. The van der Waals surface area contributed by atoms with Crippen molar-refractivity contribution in [3.8, 4) is 22.5 Å². The Bertz CT molecular complexity index is 4700. The lowest BCUT2D eigenvalue weighted by Gasteiger charge is -2.64. The second kappa shape index (κ2) is 43.3. The number of aromatic amines is 1. The first-order valence-corrected chi connectivity index (χ1v) is 58.0. The molecule has 144 heavy (non-hydrogen) atoms. The third kappa shape index (κ3) is 19.6. The average Bonchev–Trinajstić information content (AvgIpc) is 1.43. The molecule has 44 atom stereocenters. The van der Waals surface area contributed by atoms with Crippen LogP contribution in [0.2, 0.25) is 0 Å². The SMILES string of the molecule is CC[C@H]1[C@@H](O)[C@@H]2[C@H](CC[C@]3(C)[C@@H]([C@H](C)CCOc4cn[nH]c4C(=O)O)CC[C@@H]23)[C@@]2(C)CC[C@@H](O)C[C@@H]12.CC[C@H]1[C@@H](O)[C@@H]2[C@H](CC[C@]3(C)[C@@H]([C@H](C)CCOc4cnc(C(=O)O)o4)CC[C@@H]23)[C@@]2(C)CC[C@@H](O)C[C@@H]12.CC[C@H]1[C@@H](O)[C@@H]2[C@H](CC[C@]3(C)[C@@H]([C@H](C)CCOc4cnc(C(=O)O)s4)CC[C@@H]23)[C@@]2(C)CC[C@@H](O)C[C@@H]12.CC[C@H]1[C@@H](O)[C@@H]2[C@H](CC[C@]3(C)[C@@H]([C@H](C)CCOc4cnoc4C(=O)O)CC[C@@H]23)[C@@]2(C)CC[C@@H](O)C[C@@H]12. The van der Waals surface area contributed by atoms with Crippen molar-refractivity contribution in [2.75, 3.05) is 26.4 Å². The highest BCUT2D eigenvalue weighted by molar-refractivity contribution is 7.15. The minimum atomic E-state index is -1.20. The third-order valence-electron chi connectivity index (χ3n) is 46.8. The third-order valence-corrected chi connectivity index (χ3v) is 47.7. The number of aromatic nitrogens is 5. The van der Waals surface area contributed by atoms with E-state index in [1.807, 2.05) is 0 Å². The summed E-state index contributed by atoms with van der Waals surface area (Å²) in [5.41, 5.74) is 1.84. The molecule has 0 aromatic carbocycles. The minimum Gasteiger partial charge on any atom is -0.489 e. The molecule has 13 N–H and O–H groups in total. The summed E-state index contributed by atoms with van der Waals surface area (Å²) in [7, 11) is 0. The number of fused-ring (bicyclic) bond motifs is 20. The van der Waals surface area contributed by atoms with Crippen LogP contribution >= 0.6 is 11.3 Å². The molecule has 27 nitrogen and oxygen atoms in total. The number of H-pyrrole nitrogens is 1. The molecule has 16 aliphatic carbocycles. The molecule has 0 unspecified atom stereocenters. The van der Waals surface area contributed by atoms with Crippen LogP contribution < -0.4 is 18.9 Å². The number of carboxylic acids is 4. The lowest BCUT2D eigenvalue weighted by atomic mass is 9.41. The van der Waals surface area contributed by atoms with Gasteiger partial charge in [0.1, 0.15) is 12.4 Å². The normalized spacial score (nSPS) is 44.8. The van der Waals surface area contributed by atoms with Crippen molar-refractivity contribution in [2.45, 2.75) is 391 Å². The maximum absolute atomic E-state index is 11.9. The van der Waals surface area contributed by atoms with Crippen LogP contribution in [0.25, 0.3) is 0 Å². The number of aliphatic hydroxyl groups excluding tert-OH is 8. The standard InChI is InChI=1S/C29H46N2O5.2C29H45NO6.C29H45NO5S/c1-5-18-22-14-17(32)8-11-29(22,4)21-9-12-28(3)19(6-7-20(28)24(21)26(18)33)16(2)10-13-36-23-15-30-31-25(23)27(34)35;1-5-18-22-14-17(31)8-11-29(22,4)21-9-12-28(3)19(6-7-20(28)24(21)25(18)32)16(2)10-13-35-23-15-30-26(36-23)27(33)34;1-5-18-22-14-17(31)8-11-29(22,4)21-9-12-28(3)19(6-7-20(28)24(21)25(18)32)16(2)10-13-35-23-15-30-36-26(23)27(33)34;1-5-18-22-14-17(31)8-11-29(22,4)21-9-12-28(3)19(6-7-20(28)24(21)25(18)32)16(2)10-13-35-23-15-30-26(36-23)27(33)34/h15-22,24,26,32-33H,5-14H2,1-4H3,(H,30,31)(H,34,35);3*15-22,24-25,31-32H,5-14H2,1-4H3,(H,33,34)/t16-,17-,18-,19-,20+,21+,22+,24+,26-,28-,29-;3*16-,17-,18-,19-,20+,21+,22+,24+,25-,28-,29-/m1111/s1. The summed E-state index contributed by atoms with van der Waals surface area (Å²) in [5.74, 6) is 8.65. The fraction of sp³-hybridized carbons (Fsp3) is 0.862. The van der Waals surface area contributed by atoms with Crippen molar-refractivity contribution in [1.82, 2.24) is 25.3 Å². The van der Waals surface area contributed by atoms with Crippen LogP contribution in [0, 0.1) is 209 Å². The Labute approximate surface area is 859 Å². The first kappa shape index (κ1) is 109. The molecular formula is C116H181N5O22S. The Balaban J connectivity index is 0.000000132. The molecule has 28 heteroatoms. The molecule has 16 aliphatic rings. The van der Waals surface area contributed by atoms with Crippen LogP contribution in [-0.4, -0.2) is 186 Å². The average molecular weight is 2030 g/mol. The van der Waals surface area contributed by atoms with E-state index in [9.17, 15) is 70.2 Å². The van der Waals surface area contributed by atoms with E-state index in [1.54, 1.807) is 0 Å². The van der Waals surface area contributed by atoms with Gasteiger partial charge in [0.15, 0.2) is 22.3 Å². The van der Waals surface area contributed by atoms with Gasteiger partial charge in [-0.15, -0.1) is 0 Å². The zero-order valence-electron chi connectivity index (χ0n) is 89.5. The van der Waals surface area contributed by atoms with Gasteiger partial charge >= 0.3 is 35.7 Å². The van der Waals surface area contributed by atoms with Crippen molar-refractivity contribution in [2.24, 2.45) is 209 Å². The molecule has 4 heterocycles. The predicted octanol–water partition coefficient (Wildman–Crippen LogP) is 21.8. The van der Waals surface area contributed by atoms with E-state index in [4.69, 9.17) is 38.1 Å². The first-order valence-electron chi connectivity index (χ1n) is 57.2. The molecule has 0 spiro atoms. The number of oxazole rings is 1. The van der Waals surface area contributed by atoms with Crippen LogP contribution in [0.15, 0.2) is 33.7 Å². The number of hydrogen-bond donors (Lipinski definition) is 13. The molecular weight excluding hydrogens is 1850 g/mol. The summed E-state index contributed by atoms with van der Waals surface area (Å²) in [5, 5.41) is 136. The van der Waals surface area contributed by atoms with Gasteiger partial charge in [-0.3, -0.25) is 5.10 Å². The molecule has 4 aromatic rings. The number of aliphatic hydroxyl groups is 8. The fourth-order valence-electron chi connectivity index (χ4n) is 39.8. The number of nitrogens with zero attached hydrogens (tertiary/aromatic N) is 4. The number of aromatic carboxylic acids is 4. The van der Waals surface area contributed by atoms with E-state index in [2.05, 4.69) is 136 Å². The number of carbonyl (C=O) groups is 4. The molecule has 4 aromatic heterocycles. The molecule has 0 aliphatic heterocycles. The lowest BCUT2D eigenvalue weighted by Crippen LogP contribution is -2.62. The highest BCUT2D eigenvalue weighted by Crippen LogP contribution is 2.76. The number of hydrogen-bond acceptors (Lipinski definition) is 23. The van der Waals surface area contributed by atoms with E-state index >= 15 is 0 Å². The topological polar surface area (TPSA) is 442 Å². The van der Waals surface area contributed by atoms with E-state index in [-0.39, 0.29) is 144 Å². The molecule has 0 radical (unpaired) electrons. The van der Waals surface area contributed by atoms with Crippen LogP contribution in [0.1, 0.15) is 383 Å². The van der Waals surface area contributed by atoms with Gasteiger partial charge in [-0.05, 0) is 414 Å². The van der Waals surface area contributed by atoms with Crippen molar-refractivity contribution >= 4 is 35.2 Å². The Kier molecular flexibility index (Phi) is 32.8. The predicted molar refractivity (Wildman–Crippen MR) is 546 cm³/mol. The molecule has 808 valence electrons. The number of thiazole rings is 1. The summed E-state index contributed by atoms with van der Waals surface area (Å²) in [4.78, 5) is 52.3. The molecule has 16 fully saturated rings. The van der Waals surface area contributed by atoms with E-state index in [1.165, 1.54) is 128 Å². The Morgan fingerprint density at radius 1 is 0.368 bits per heavy atom.